The number of cyclic esters (lactones) is 2. The first-order chi connectivity index (χ1) is 4.68. The van der Waals surface area contributed by atoms with Gasteiger partial charge in [0.1, 0.15) is 5.83 Å². The minimum Gasteiger partial charge on any atom is -0.393 e. The summed E-state index contributed by atoms with van der Waals surface area (Å²) in [5.74, 6) is -2.12. The van der Waals surface area contributed by atoms with Crippen molar-refractivity contribution < 1.29 is 18.7 Å². The highest BCUT2D eigenvalue weighted by atomic mass is 19.1. The molecule has 0 aliphatic carbocycles. The highest BCUT2D eigenvalue weighted by molar-refractivity contribution is 5.88. The molecule has 3 nitrogen and oxygen atoms in total. The molecule has 0 amide bonds. The molecule has 0 N–H and O–H groups in total. The average molecular weight is 144 g/mol. The monoisotopic (exact) mass is 144 g/mol. The Labute approximate surface area is 56.5 Å². The van der Waals surface area contributed by atoms with Gasteiger partial charge in [0.25, 0.3) is 0 Å². The van der Waals surface area contributed by atoms with Crippen LogP contribution in [-0.2, 0) is 14.3 Å². The molecule has 0 fully saturated rings. The van der Waals surface area contributed by atoms with Crippen molar-refractivity contribution in [2.24, 2.45) is 0 Å². The third-order valence-electron chi connectivity index (χ3n) is 1.03. The maximum absolute atomic E-state index is 12.3. The lowest BCUT2D eigenvalue weighted by Crippen LogP contribution is -2.07. The summed E-state index contributed by atoms with van der Waals surface area (Å²) in [7, 11) is 0. The number of rotatable bonds is 0. The lowest BCUT2D eigenvalue weighted by atomic mass is 10.3. The Morgan fingerprint density at radius 3 is 2.80 bits per heavy atom. The van der Waals surface area contributed by atoms with Crippen molar-refractivity contribution in [1.29, 1.82) is 0 Å². The van der Waals surface area contributed by atoms with Crippen LogP contribution in [0, 0.1) is 0 Å². The summed E-state index contributed by atoms with van der Waals surface area (Å²) in [5.41, 5.74) is 0. The van der Waals surface area contributed by atoms with E-state index in [1.807, 2.05) is 0 Å². The molecule has 1 heterocycles. The molecule has 0 aromatic rings. The summed E-state index contributed by atoms with van der Waals surface area (Å²) in [5, 5.41) is 0. The number of halogens is 1. The molecule has 0 spiro atoms. The summed E-state index contributed by atoms with van der Waals surface area (Å²) in [6.45, 7) is 0. The molecule has 0 saturated carbocycles. The number of hydrogen-bond acceptors (Lipinski definition) is 3. The van der Waals surface area contributed by atoms with Crippen LogP contribution in [0.25, 0.3) is 0 Å². The van der Waals surface area contributed by atoms with Gasteiger partial charge >= 0.3 is 11.9 Å². The SMILES string of the molecule is O=C1CC=C(F)CC(=O)O1. The van der Waals surface area contributed by atoms with E-state index in [2.05, 4.69) is 4.74 Å². The van der Waals surface area contributed by atoms with Gasteiger partial charge in [0.15, 0.2) is 0 Å². The van der Waals surface area contributed by atoms with Gasteiger partial charge in [-0.2, -0.15) is 0 Å². The fourth-order valence-electron chi connectivity index (χ4n) is 0.609. The molecule has 1 aliphatic heterocycles. The van der Waals surface area contributed by atoms with Crippen LogP contribution in [0.3, 0.4) is 0 Å². The van der Waals surface area contributed by atoms with Gasteiger partial charge < -0.3 is 4.74 Å². The Morgan fingerprint density at radius 1 is 1.40 bits per heavy atom. The third kappa shape index (κ3) is 1.65. The fourth-order valence-corrected chi connectivity index (χ4v) is 0.609. The summed E-state index contributed by atoms with van der Waals surface area (Å²) in [4.78, 5) is 20.8. The van der Waals surface area contributed by atoms with Gasteiger partial charge in [-0.05, 0) is 6.08 Å². The predicted molar refractivity (Wildman–Crippen MR) is 29.5 cm³/mol. The van der Waals surface area contributed by atoms with Gasteiger partial charge in [-0.1, -0.05) is 0 Å². The predicted octanol–water partition coefficient (Wildman–Crippen LogP) is 0.703. The van der Waals surface area contributed by atoms with E-state index < -0.39 is 24.2 Å². The smallest absolute Gasteiger partial charge is 0.320 e. The number of carbonyl (C=O) groups is 2. The highest BCUT2D eigenvalue weighted by Crippen LogP contribution is 2.10. The molecule has 54 valence electrons. The second kappa shape index (κ2) is 2.60. The van der Waals surface area contributed by atoms with E-state index in [0.29, 0.717) is 0 Å². The van der Waals surface area contributed by atoms with Crippen LogP contribution in [0.15, 0.2) is 11.9 Å². The van der Waals surface area contributed by atoms with Gasteiger partial charge in [0.05, 0.1) is 12.8 Å². The van der Waals surface area contributed by atoms with Crippen LogP contribution in [0.1, 0.15) is 12.8 Å². The Morgan fingerprint density at radius 2 is 2.10 bits per heavy atom. The van der Waals surface area contributed by atoms with Crippen molar-refractivity contribution in [1.82, 2.24) is 0 Å². The quantitative estimate of drug-likeness (QED) is 0.371. The van der Waals surface area contributed by atoms with E-state index >= 15 is 0 Å². The lowest BCUT2D eigenvalue weighted by Gasteiger charge is -1.92. The highest BCUT2D eigenvalue weighted by Gasteiger charge is 2.15. The first-order valence-electron chi connectivity index (χ1n) is 2.76. The molecule has 0 unspecified atom stereocenters. The normalized spacial score (nSPS) is 19.5. The molecule has 0 radical (unpaired) electrons. The topological polar surface area (TPSA) is 43.4 Å². The van der Waals surface area contributed by atoms with Gasteiger partial charge in [0.2, 0.25) is 0 Å². The van der Waals surface area contributed by atoms with Gasteiger partial charge in [0, 0.05) is 0 Å². The van der Waals surface area contributed by atoms with E-state index in [9.17, 15) is 14.0 Å². The van der Waals surface area contributed by atoms with Crippen LogP contribution in [0.4, 0.5) is 4.39 Å². The van der Waals surface area contributed by atoms with E-state index in [1.165, 1.54) is 0 Å². The van der Waals surface area contributed by atoms with Crippen molar-refractivity contribution in [3.63, 3.8) is 0 Å². The Balaban J connectivity index is 2.71. The molecule has 1 rings (SSSR count). The fraction of sp³-hybridized carbons (Fsp3) is 0.333. The average Bonchev–Trinajstić information content (AvgIpc) is 1.93. The molecule has 1 aliphatic rings. The Bertz CT molecular complexity index is 207. The van der Waals surface area contributed by atoms with Crippen LogP contribution in [0.2, 0.25) is 0 Å². The standard InChI is InChI=1S/C6H5FO3/c7-4-1-2-5(8)10-6(9)3-4/h1H,2-3H2. The van der Waals surface area contributed by atoms with Crippen molar-refractivity contribution in [3.8, 4) is 0 Å². The molecule has 0 aromatic heterocycles. The maximum atomic E-state index is 12.3. The van der Waals surface area contributed by atoms with E-state index in [1.54, 1.807) is 0 Å². The molecular formula is C6H5FO3. The molecule has 0 atom stereocenters. The molecule has 4 heteroatoms. The van der Waals surface area contributed by atoms with E-state index in [4.69, 9.17) is 0 Å². The van der Waals surface area contributed by atoms with Gasteiger partial charge in [-0.3, -0.25) is 9.59 Å². The second-order valence-electron chi connectivity index (χ2n) is 1.88. The van der Waals surface area contributed by atoms with E-state index in [-0.39, 0.29) is 6.42 Å². The molecule has 10 heavy (non-hydrogen) atoms. The lowest BCUT2D eigenvalue weighted by molar-refractivity contribution is -0.158. The molecule has 0 saturated heterocycles. The first-order valence-corrected chi connectivity index (χ1v) is 2.76. The summed E-state index contributed by atoms with van der Waals surface area (Å²) < 4.78 is 16.4. The van der Waals surface area contributed by atoms with Gasteiger partial charge in [-0.25, -0.2) is 4.39 Å². The third-order valence-corrected chi connectivity index (χ3v) is 1.03. The molecule has 0 aromatic carbocycles. The van der Waals surface area contributed by atoms with Crippen molar-refractivity contribution in [3.05, 3.63) is 11.9 Å². The summed E-state index contributed by atoms with van der Waals surface area (Å²) >= 11 is 0. The van der Waals surface area contributed by atoms with Crippen LogP contribution in [-0.4, -0.2) is 11.9 Å². The zero-order valence-electron chi connectivity index (χ0n) is 5.09. The van der Waals surface area contributed by atoms with Gasteiger partial charge in [-0.15, -0.1) is 0 Å². The minimum absolute atomic E-state index is 0.155. The molecule has 0 bridgehead atoms. The zero-order chi connectivity index (χ0) is 7.56. The number of carbonyl (C=O) groups excluding carboxylic acids is 2. The van der Waals surface area contributed by atoms with Crippen LogP contribution < -0.4 is 0 Å². The van der Waals surface area contributed by atoms with Crippen molar-refractivity contribution in [2.45, 2.75) is 12.8 Å². The Kier molecular flexibility index (Phi) is 1.80. The molecular weight excluding hydrogens is 139 g/mol. The second-order valence-corrected chi connectivity index (χ2v) is 1.88. The number of hydrogen-bond donors (Lipinski definition) is 0. The largest absolute Gasteiger partial charge is 0.393 e. The number of ether oxygens (including phenoxy) is 1. The van der Waals surface area contributed by atoms with Crippen LogP contribution in [0.5, 0.6) is 0 Å². The maximum Gasteiger partial charge on any atom is 0.320 e. The zero-order valence-corrected chi connectivity index (χ0v) is 5.09. The van der Waals surface area contributed by atoms with Crippen molar-refractivity contribution in [2.75, 3.05) is 0 Å². The van der Waals surface area contributed by atoms with Crippen molar-refractivity contribution >= 4 is 11.9 Å². The summed E-state index contributed by atoms with van der Waals surface area (Å²) in [6, 6.07) is 0. The van der Waals surface area contributed by atoms with Crippen LogP contribution >= 0.6 is 0 Å². The first kappa shape index (κ1) is 6.92. The summed E-state index contributed by atoms with van der Waals surface area (Å²) in [6.07, 6.45) is 0.469. The minimum atomic E-state index is -0.823. The Hall–Kier alpha value is -1.19. The van der Waals surface area contributed by atoms with E-state index in [0.717, 1.165) is 6.08 Å². The number of esters is 2.